The smallest absolute Gasteiger partial charge is 0.278 e. The number of hydrogen-bond donors (Lipinski definition) is 2. The van der Waals surface area contributed by atoms with Crippen molar-refractivity contribution >= 4 is 22.9 Å². The zero-order valence-electron chi connectivity index (χ0n) is 19.6. The second-order valence-electron chi connectivity index (χ2n) is 9.75. The van der Waals surface area contributed by atoms with E-state index in [4.69, 9.17) is 9.40 Å². The molecule has 4 aromatic heterocycles. The maximum absolute atomic E-state index is 13.2. The molecule has 0 spiro atoms. The van der Waals surface area contributed by atoms with Crippen LogP contribution >= 0.6 is 0 Å². The summed E-state index contributed by atoms with van der Waals surface area (Å²) in [6, 6.07) is 5.81. The molecular weight excluding hydrogens is 418 g/mol. The van der Waals surface area contributed by atoms with Gasteiger partial charge in [0.05, 0.1) is 5.69 Å². The number of nitrogens with one attached hydrogen (secondary N) is 2. The van der Waals surface area contributed by atoms with Gasteiger partial charge in [0.1, 0.15) is 11.1 Å². The van der Waals surface area contributed by atoms with E-state index in [9.17, 15) is 4.79 Å². The number of nitrogens with zero attached hydrogens (tertiary/aromatic N) is 5. The summed E-state index contributed by atoms with van der Waals surface area (Å²) in [4.78, 5) is 26.9. The van der Waals surface area contributed by atoms with E-state index in [-0.39, 0.29) is 17.0 Å². The summed E-state index contributed by atoms with van der Waals surface area (Å²) in [6.07, 6.45) is 4.21. The molecule has 2 N–H and O–H groups in total. The van der Waals surface area contributed by atoms with Crippen molar-refractivity contribution in [3.63, 3.8) is 0 Å². The van der Waals surface area contributed by atoms with Crippen LogP contribution in [-0.4, -0.2) is 30.9 Å². The van der Waals surface area contributed by atoms with Crippen molar-refractivity contribution in [3.05, 3.63) is 58.0 Å². The fourth-order valence-corrected chi connectivity index (χ4v) is 4.16. The first-order valence-electron chi connectivity index (χ1n) is 11.3. The van der Waals surface area contributed by atoms with Crippen molar-refractivity contribution < 1.29 is 4.42 Å². The molecule has 0 saturated heterocycles. The number of pyridine rings is 1. The lowest BCUT2D eigenvalue weighted by atomic mass is 9.91. The van der Waals surface area contributed by atoms with Crippen LogP contribution in [0.3, 0.4) is 0 Å². The SMILES string of the molecule is CC(C)n1c(=O)c2cnc(Nc3cc4c(o3)CCNC4)nc2n1-c1ccnc(C(C)(C)C)c1. The summed E-state index contributed by atoms with van der Waals surface area (Å²) in [6.45, 7) is 12.0. The largest absolute Gasteiger partial charge is 0.445 e. The number of furan rings is 1. The maximum atomic E-state index is 13.2. The Hall–Kier alpha value is -3.46. The zero-order chi connectivity index (χ0) is 23.3. The van der Waals surface area contributed by atoms with Gasteiger partial charge in [-0.05, 0) is 26.0 Å². The van der Waals surface area contributed by atoms with Gasteiger partial charge in [0, 0.05) is 60.7 Å². The highest BCUT2D eigenvalue weighted by Crippen LogP contribution is 2.27. The summed E-state index contributed by atoms with van der Waals surface area (Å²) in [5, 5.41) is 6.97. The number of fused-ring (bicyclic) bond motifs is 2. The van der Waals surface area contributed by atoms with E-state index in [0.717, 1.165) is 42.2 Å². The van der Waals surface area contributed by atoms with Gasteiger partial charge in [0.25, 0.3) is 5.56 Å². The Labute approximate surface area is 191 Å². The zero-order valence-corrected chi connectivity index (χ0v) is 19.6. The minimum atomic E-state index is -0.128. The lowest BCUT2D eigenvalue weighted by molar-refractivity contribution is 0.474. The molecule has 4 aromatic rings. The highest BCUT2D eigenvalue weighted by molar-refractivity contribution is 5.77. The van der Waals surface area contributed by atoms with Crippen LogP contribution in [0.25, 0.3) is 16.7 Å². The van der Waals surface area contributed by atoms with E-state index < -0.39 is 0 Å². The number of rotatable bonds is 4. The van der Waals surface area contributed by atoms with Crippen molar-refractivity contribution in [2.75, 3.05) is 11.9 Å². The van der Waals surface area contributed by atoms with Gasteiger partial charge in [-0.25, -0.2) is 14.3 Å². The highest BCUT2D eigenvalue weighted by Gasteiger charge is 2.22. The van der Waals surface area contributed by atoms with Crippen LogP contribution < -0.4 is 16.2 Å². The van der Waals surface area contributed by atoms with Gasteiger partial charge in [0.15, 0.2) is 11.5 Å². The third-order valence-corrected chi connectivity index (χ3v) is 5.84. The summed E-state index contributed by atoms with van der Waals surface area (Å²) in [5.74, 6) is 1.95. The Morgan fingerprint density at radius 3 is 2.76 bits per heavy atom. The molecule has 5 heterocycles. The van der Waals surface area contributed by atoms with Crippen molar-refractivity contribution in [2.24, 2.45) is 0 Å². The molecule has 0 amide bonds. The Morgan fingerprint density at radius 2 is 2.03 bits per heavy atom. The van der Waals surface area contributed by atoms with Crippen LogP contribution in [0.5, 0.6) is 0 Å². The topological polar surface area (TPSA) is 103 Å². The third kappa shape index (κ3) is 3.82. The lowest BCUT2D eigenvalue weighted by Gasteiger charge is -2.20. The summed E-state index contributed by atoms with van der Waals surface area (Å²) in [5.41, 5.74) is 3.19. The predicted molar refractivity (Wildman–Crippen MR) is 127 cm³/mol. The second-order valence-corrected chi connectivity index (χ2v) is 9.75. The molecule has 0 fully saturated rings. The molecule has 0 aliphatic carbocycles. The third-order valence-electron chi connectivity index (χ3n) is 5.84. The van der Waals surface area contributed by atoms with Crippen molar-refractivity contribution in [2.45, 2.75) is 59.0 Å². The van der Waals surface area contributed by atoms with E-state index in [2.05, 4.69) is 41.4 Å². The first-order chi connectivity index (χ1) is 15.7. The molecule has 0 unspecified atom stereocenters. The molecule has 33 heavy (non-hydrogen) atoms. The number of hydrogen-bond acceptors (Lipinski definition) is 7. The van der Waals surface area contributed by atoms with E-state index in [0.29, 0.717) is 22.9 Å². The standard InChI is InChI=1S/C24H29N7O2/c1-14(2)30-22(32)17-13-27-23(28-20-10-15-12-25-8-7-18(15)33-20)29-21(17)31(30)16-6-9-26-19(11-16)24(3,4)5/h6,9-11,13-14,25H,7-8,12H2,1-5H3,(H,27,28,29). The summed E-state index contributed by atoms with van der Waals surface area (Å²) < 4.78 is 9.52. The van der Waals surface area contributed by atoms with Gasteiger partial charge in [-0.15, -0.1) is 0 Å². The molecular formula is C24H29N7O2. The van der Waals surface area contributed by atoms with E-state index in [1.807, 2.05) is 36.7 Å². The normalized spacial score (nSPS) is 14.1. The molecule has 5 rings (SSSR count). The van der Waals surface area contributed by atoms with Crippen LogP contribution in [-0.2, 0) is 18.4 Å². The molecule has 9 heteroatoms. The fraction of sp³-hybridized carbons (Fsp3) is 0.417. The number of anilines is 2. The molecule has 172 valence electrons. The molecule has 0 aromatic carbocycles. The molecule has 0 radical (unpaired) electrons. The predicted octanol–water partition coefficient (Wildman–Crippen LogP) is 3.84. The monoisotopic (exact) mass is 447 g/mol. The minimum absolute atomic E-state index is 0.0707. The molecule has 9 nitrogen and oxygen atoms in total. The van der Waals surface area contributed by atoms with Gasteiger partial charge in [-0.3, -0.25) is 15.1 Å². The lowest BCUT2D eigenvalue weighted by Crippen LogP contribution is -2.24. The van der Waals surface area contributed by atoms with Crippen LogP contribution in [0.4, 0.5) is 11.8 Å². The van der Waals surface area contributed by atoms with Gasteiger partial charge in [-0.2, -0.15) is 4.98 Å². The van der Waals surface area contributed by atoms with Crippen LogP contribution in [0.2, 0.25) is 0 Å². The van der Waals surface area contributed by atoms with Gasteiger partial charge in [-0.1, -0.05) is 20.8 Å². The molecule has 0 bridgehead atoms. The first kappa shape index (κ1) is 21.4. The van der Waals surface area contributed by atoms with Gasteiger partial charge >= 0.3 is 0 Å². The molecule has 1 aliphatic rings. The Morgan fingerprint density at radius 1 is 1.21 bits per heavy atom. The Kier molecular flexibility index (Phi) is 5.08. The average Bonchev–Trinajstić information content (AvgIpc) is 3.31. The van der Waals surface area contributed by atoms with Crippen molar-refractivity contribution in [1.82, 2.24) is 29.6 Å². The quantitative estimate of drug-likeness (QED) is 0.490. The summed E-state index contributed by atoms with van der Waals surface area (Å²) >= 11 is 0. The molecule has 1 aliphatic heterocycles. The van der Waals surface area contributed by atoms with Crippen molar-refractivity contribution in [3.8, 4) is 5.69 Å². The van der Waals surface area contributed by atoms with Gasteiger partial charge < -0.3 is 9.73 Å². The number of aromatic nitrogens is 5. The maximum Gasteiger partial charge on any atom is 0.278 e. The van der Waals surface area contributed by atoms with E-state index in [1.54, 1.807) is 17.1 Å². The van der Waals surface area contributed by atoms with Crippen LogP contribution in [0.15, 0.2) is 39.8 Å². The van der Waals surface area contributed by atoms with Crippen LogP contribution in [0, 0.1) is 0 Å². The second kappa shape index (κ2) is 7.84. The van der Waals surface area contributed by atoms with Crippen LogP contribution in [0.1, 0.15) is 57.7 Å². The van der Waals surface area contributed by atoms with Crippen molar-refractivity contribution in [1.29, 1.82) is 0 Å². The average molecular weight is 448 g/mol. The van der Waals surface area contributed by atoms with E-state index in [1.165, 1.54) is 0 Å². The Bertz CT molecular complexity index is 1360. The van der Waals surface area contributed by atoms with E-state index >= 15 is 0 Å². The fourth-order valence-electron chi connectivity index (χ4n) is 4.16. The minimum Gasteiger partial charge on any atom is -0.445 e. The summed E-state index contributed by atoms with van der Waals surface area (Å²) in [7, 11) is 0. The Balaban J connectivity index is 1.64. The first-order valence-corrected chi connectivity index (χ1v) is 11.3. The van der Waals surface area contributed by atoms with Gasteiger partial charge in [0.2, 0.25) is 5.95 Å². The highest BCUT2D eigenvalue weighted by atomic mass is 16.4. The molecule has 0 saturated carbocycles. The molecule has 0 atom stereocenters.